The molecule has 0 saturated carbocycles. The number of halogens is 1. The average Bonchev–Trinajstić information content (AvgIpc) is 1.97. The van der Waals surface area contributed by atoms with Crippen LogP contribution in [0, 0.1) is 0 Å². The number of aliphatic carboxylic acids is 1. The van der Waals surface area contributed by atoms with Crippen LogP contribution in [0.1, 0.15) is 25.7 Å². The Labute approximate surface area is 100 Å². The molecule has 0 amide bonds. The van der Waals surface area contributed by atoms with Gasteiger partial charge in [0.05, 0.1) is 11.3 Å². The van der Waals surface area contributed by atoms with Crippen molar-refractivity contribution in [3.63, 3.8) is 0 Å². The van der Waals surface area contributed by atoms with Gasteiger partial charge in [0.1, 0.15) is 0 Å². The molecule has 0 radical (unpaired) electrons. The molecule has 0 aromatic carbocycles. The molecule has 0 aliphatic rings. The molecule has 12 heavy (non-hydrogen) atoms. The second kappa shape index (κ2) is 9.59. The van der Waals surface area contributed by atoms with Gasteiger partial charge in [-0.05, 0) is 19.3 Å². The number of unbranched alkanes of at least 4 members (excludes halogenated alkanes) is 2. The van der Waals surface area contributed by atoms with Gasteiger partial charge in [-0.2, -0.15) is 0 Å². The number of allylic oxidation sites excluding steroid dienone is 1. The standard InChI is InChI=1S/C8H13ClO2.Na/c1-2-3-4-5-6-7(9)8(10)11;/h2,7H,1,3-6H2,(H,10,11);/q;+1/p-1. The van der Waals surface area contributed by atoms with E-state index >= 15 is 0 Å². The fourth-order valence-electron chi connectivity index (χ4n) is 0.730. The van der Waals surface area contributed by atoms with E-state index in [1.54, 1.807) is 0 Å². The average molecular weight is 199 g/mol. The van der Waals surface area contributed by atoms with E-state index in [0.717, 1.165) is 19.3 Å². The van der Waals surface area contributed by atoms with Crippen molar-refractivity contribution in [1.29, 1.82) is 0 Å². The van der Waals surface area contributed by atoms with Gasteiger partial charge in [0, 0.05) is 0 Å². The molecule has 0 N–H and O–H groups in total. The van der Waals surface area contributed by atoms with Crippen molar-refractivity contribution in [1.82, 2.24) is 0 Å². The summed E-state index contributed by atoms with van der Waals surface area (Å²) in [6, 6.07) is 0. The van der Waals surface area contributed by atoms with Crippen LogP contribution in [0.2, 0.25) is 0 Å². The Morgan fingerprint density at radius 3 is 2.58 bits per heavy atom. The van der Waals surface area contributed by atoms with E-state index in [1.165, 1.54) is 0 Å². The number of carbonyl (C=O) groups excluding carboxylic acids is 1. The molecular formula is C8H12ClNaO2. The maximum atomic E-state index is 10.1. The number of hydrogen-bond donors (Lipinski definition) is 0. The Hall–Kier alpha value is 0.500. The SMILES string of the molecule is C=CCCCCC(Cl)C(=O)[O-].[Na+]. The van der Waals surface area contributed by atoms with E-state index < -0.39 is 11.3 Å². The topological polar surface area (TPSA) is 40.1 Å². The quantitative estimate of drug-likeness (QED) is 0.216. The summed E-state index contributed by atoms with van der Waals surface area (Å²) in [6.45, 7) is 3.55. The predicted molar refractivity (Wildman–Crippen MR) is 43.3 cm³/mol. The predicted octanol–water partition coefficient (Wildman–Crippen LogP) is -1.91. The summed E-state index contributed by atoms with van der Waals surface area (Å²) in [7, 11) is 0. The third-order valence-electron chi connectivity index (χ3n) is 1.37. The fraction of sp³-hybridized carbons (Fsp3) is 0.625. The summed E-state index contributed by atoms with van der Waals surface area (Å²) >= 11 is 5.41. The van der Waals surface area contributed by atoms with Crippen LogP contribution in [0.4, 0.5) is 0 Å². The maximum absolute atomic E-state index is 10.1. The van der Waals surface area contributed by atoms with Crippen LogP contribution in [0.15, 0.2) is 12.7 Å². The smallest absolute Gasteiger partial charge is 0.549 e. The largest absolute Gasteiger partial charge is 1.00 e. The first kappa shape index (κ1) is 15.0. The Kier molecular flexibility index (Phi) is 12.0. The molecule has 4 heteroatoms. The first-order valence-corrected chi connectivity index (χ1v) is 4.08. The minimum absolute atomic E-state index is 0. The van der Waals surface area contributed by atoms with Gasteiger partial charge in [-0.1, -0.05) is 12.5 Å². The van der Waals surface area contributed by atoms with Gasteiger partial charge in [0.15, 0.2) is 0 Å². The van der Waals surface area contributed by atoms with Crippen molar-refractivity contribution < 1.29 is 39.5 Å². The van der Waals surface area contributed by atoms with Crippen LogP contribution in [0.25, 0.3) is 0 Å². The number of hydrogen-bond acceptors (Lipinski definition) is 2. The molecule has 2 nitrogen and oxygen atoms in total. The molecule has 0 aromatic heterocycles. The van der Waals surface area contributed by atoms with E-state index in [2.05, 4.69) is 6.58 Å². The molecule has 0 aliphatic heterocycles. The second-order valence-electron chi connectivity index (χ2n) is 2.36. The van der Waals surface area contributed by atoms with Crippen LogP contribution < -0.4 is 34.7 Å². The van der Waals surface area contributed by atoms with Gasteiger partial charge in [-0.15, -0.1) is 18.2 Å². The minimum atomic E-state index is -1.18. The summed E-state index contributed by atoms with van der Waals surface area (Å²) in [5.41, 5.74) is 0. The molecule has 0 fully saturated rings. The summed E-state index contributed by atoms with van der Waals surface area (Å²) in [5.74, 6) is -1.18. The van der Waals surface area contributed by atoms with Crippen molar-refractivity contribution in [2.24, 2.45) is 0 Å². The minimum Gasteiger partial charge on any atom is -0.549 e. The molecule has 0 rings (SSSR count). The number of carbonyl (C=O) groups is 1. The number of carboxylic acids is 1. The Bertz CT molecular complexity index is 139. The molecule has 0 heterocycles. The summed E-state index contributed by atoms with van der Waals surface area (Å²) in [6.07, 6.45) is 4.96. The molecule has 0 aromatic rings. The van der Waals surface area contributed by atoms with Crippen molar-refractivity contribution in [2.45, 2.75) is 31.1 Å². The van der Waals surface area contributed by atoms with Crippen LogP contribution in [-0.4, -0.2) is 11.3 Å². The maximum Gasteiger partial charge on any atom is 1.00 e. The van der Waals surface area contributed by atoms with Crippen molar-refractivity contribution >= 4 is 17.6 Å². The van der Waals surface area contributed by atoms with E-state index in [-0.39, 0.29) is 29.6 Å². The van der Waals surface area contributed by atoms with E-state index in [1.807, 2.05) is 6.08 Å². The fourth-order valence-corrected chi connectivity index (χ4v) is 0.884. The number of carboxylic acid groups (broad SMARTS) is 1. The summed E-state index contributed by atoms with van der Waals surface area (Å²) in [5, 5.41) is 9.27. The third kappa shape index (κ3) is 8.60. The van der Waals surface area contributed by atoms with Gasteiger partial charge in [-0.3, -0.25) is 0 Å². The second-order valence-corrected chi connectivity index (χ2v) is 2.89. The number of alkyl halides is 1. The summed E-state index contributed by atoms with van der Waals surface area (Å²) in [4.78, 5) is 10.1. The Balaban J connectivity index is 0. The third-order valence-corrected chi connectivity index (χ3v) is 1.77. The zero-order valence-electron chi connectivity index (χ0n) is 7.38. The Morgan fingerprint density at radius 1 is 1.58 bits per heavy atom. The molecule has 1 atom stereocenters. The van der Waals surface area contributed by atoms with Crippen LogP contribution in [-0.2, 0) is 4.79 Å². The van der Waals surface area contributed by atoms with Crippen molar-refractivity contribution in [3.05, 3.63) is 12.7 Å². The van der Waals surface area contributed by atoms with E-state index in [4.69, 9.17) is 11.6 Å². The molecule has 0 spiro atoms. The molecular weight excluding hydrogens is 187 g/mol. The van der Waals surface area contributed by atoms with Gasteiger partial charge in [-0.25, -0.2) is 0 Å². The molecule has 1 unspecified atom stereocenters. The zero-order chi connectivity index (χ0) is 8.69. The van der Waals surface area contributed by atoms with Gasteiger partial charge in [0.2, 0.25) is 0 Å². The molecule has 0 saturated heterocycles. The van der Waals surface area contributed by atoms with Gasteiger partial charge >= 0.3 is 29.6 Å². The first-order chi connectivity index (χ1) is 5.18. The monoisotopic (exact) mass is 198 g/mol. The van der Waals surface area contributed by atoms with Crippen LogP contribution >= 0.6 is 11.6 Å². The Morgan fingerprint density at radius 2 is 2.17 bits per heavy atom. The van der Waals surface area contributed by atoms with Crippen molar-refractivity contribution in [3.8, 4) is 0 Å². The van der Waals surface area contributed by atoms with Crippen molar-refractivity contribution in [2.75, 3.05) is 0 Å². The molecule has 0 aliphatic carbocycles. The van der Waals surface area contributed by atoms with Gasteiger partial charge < -0.3 is 9.90 Å². The van der Waals surface area contributed by atoms with Gasteiger partial charge in [0.25, 0.3) is 0 Å². The molecule has 64 valence electrons. The van der Waals surface area contributed by atoms with Crippen LogP contribution in [0.5, 0.6) is 0 Å². The zero-order valence-corrected chi connectivity index (χ0v) is 10.1. The normalized spacial score (nSPS) is 11.4. The molecule has 0 bridgehead atoms. The number of rotatable bonds is 6. The van der Waals surface area contributed by atoms with Crippen LogP contribution in [0.3, 0.4) is 0 Å². The van der Waals surface area contributed by atoms with E-state index in [9.17, 15) is 9.90 Å². The van der Waals surface area contributed by atoms with E-state index in [0.29, 0.717) is 6.42 Å². The summed E-state index contributed by atoms with van der Waals surface area (Å²) < 4.78 is 0. The first-order valence-electron chi connectivity index (χ1n) is 3.64.